The summed E-state index contributed by atoms with van der Waals surface area (Å²) in [5.41, 5.74) is 0.797. The van der Waals surface area contributed by atoms with Gasteiger partial charge in [0, 0.05) is 11.9 Å². The van der Waals surface area contributed by atoms with Crippen LogP contribution in [-0.2, 0) is 6.18 Å². The first kappa shape index (κ1) is 17.1. The summed E-state index contributed by atoms with van der Waals surface area (Å²) in [5.74, 6) is -0.385. The van der Waals surface area contributed by atoms with Crippen LogP contribution >= 0.6 is 0 Å². The lowest BCUT2D eigenvalue weighted by Gasteiger charge is -2.14. The van der Waals surface area contributed by atoms with Crippen LogP contribution < -0.4 is 10.1 Å². The summed E-state index contributed by atoms with van der Waals surface area (Å²) >= 11 is 0. The third-order valence-electron chi connectivity index (χ3n) is 3.10. The number of hydrogen-bond donors (Lipinski definition) is 1. The molecule has 0 radical (unpaired) electrons. The Hall–Kier alpha value is -2.31. The van der Waals surface area contributed by atoms with E-state index in [9.17, 15) is 13.2 Å². The van der Waals surface area contributed by atoms with Crippen molar-refractivity contribution in [1.82, 2.24) is 9.97 Å². The maximum Gasteiger partial charge on any atom is 0.423 e. The molecule has 0 amide bonds. The van der Waals surface area contributed by atoms with Gasteiger partial charge in [0.2, 0.25) is 11.8 Å². The second-order valence-corrected chi connectivity index (χ2v) is 5.10. The van der Waals surface area contributed by atoms with Crippen LogP contribution in [0.15, 0.2) is 30.5 Å². The van der Waals surface area contributed by atoms with Crippen LogP contribution in [-0.4, -0.2) is 16.6 Å². The fraction of sp³-hybridized carbons (Fsp3) is 0.375. The third kappa shape index (κ3) is 4.84. The van der Waals surface area contributed by atoms with Crippen molar-refractivity contribution in [2.24, 2.45) is 0 Å². The second-order valence-electron chi connectivity index (χ2n) is 5.10. The van der Waals surface area contributed by atoms with Gasteiger partial charge in [0.1, 0.15) is 5.56 Å². The average molecular weight is 325 g/mol. The van der Waals surface area contributed by atoms with Crippen LogP contribution in [0.25, 0.3) is 0 Å². The lowest BCUT2D eigenvalue weighted by atomic mass is 10.2. The zero-order valence-corrected chi connectivity index (χ0v) is 12.9. The number of aryl methyl sites for hydroxylation is 1. The molecule has 23 heavy (non-hydrogen) atoms. The fourth-order valence-corrected chi connectivity index (χ4v) is 1.81. The summed E-state index contributed by atoms with van der Waals surface area (Å²) in [4.78, 5) is 7.59. The van der Waals surface area contributed by atoms with Gasteiger partial charge in [-0.3, -0.25) is 0 Å². The van der Waals surface area contributed by atoms with E-state index in [1.165, 1.54) is 0 Å². The van der Waals surface area contributed by atoms with Crippen molar-refractivity contribution in [3.63, 3.8) is 0 Å². The SMILES string of the molecule is CCCCOc1nc(Nc2ccc(C)cc2)ncc1C(F)(F)F. The second kappa shape index (κ2) is 7.30. The van der Waals surface area contributed by atoms with E-state index in [1.54, 1.807) is 12.1 Å². The molecular formula is C16H18F3N3O. The Kier molecular flexibility index (Phi) is 5.41. The molecule has 0 saturated carbocycles. The van der Waals surface area contributed by atoms with E-state index in [-0.39, 0.29) is 12.6 Å². The summed E-state index contributed by atoms with van der Waals surface area (Å²) in [5, 5.41) is 2.87. The summed E-state index contributed by atoms with van der Waals surface area (Å²) in [6.45, 7) is 4.05. The fourth-order valence-electron chi connectivity index (χ4n) is 1.81. The van der Waals surface area contributed by atoms with E-state index in [0.29, 0.717) is 12.1 Å². The van der Waals surface area contributed by atoms with Gasteiger partial charge in [-0.15, -0.1) is 0 Å². The van der Waals surface area contributed by atoms with Gasteiger partial charge >= 0.3 is 6.18 Å². The van der Waals surface area contributed by atoms with E-state index >= 15 is 0 Å². The minimum absolute atomic E-state index is 0.0633. The van der Waals surface area contributed by atoms with Crippen molar-refractivity contribution >= 4 is 11.6 Å². The predicted octanol–water partition coefficient (Wildman–Crippen LogP) is 4.73. The van der Waals surface area contributed by atoms with Crippen molar-refractivity contribution in [3.05, 3.63) is 41.6 Å². The lowest BCUT2D eigenvalue weighted by molar-refractivity contribution is -0.139. The van der Waals surface area contributed by atoms with Crippen LogP contribution in [0.5, 0.6) is 5.88 Å². The highest BCUT2D eigenvalue weighted by Crippen LogP contribution is 2.35. The molecule has 0 aliphatic rings. The molecule has 2 rings (SSSR count). The number of aromatic nitrogens is 2. The molecule has 0 unspecified atom stereocenters. The molecule has 0 saturated heterocycles. The Bertz CT molecular complexity index is 642. The van der Waals surface area contributed by atoms with Gasteiger partial charge in [0.15, 0.2) is 0 Å². The minimum Gasteiger partial charge on any atom is -0.477 e. The summed E-state index contributed by atoms with van der Waals surface area (Å²) in [6, 6.07) is 7.36. The molecule has 1 N–H and O–H groups in total. The van der Waals surface area contributed by atoms with E-state index < -0.39 is 17.6 Å². The Morgan fingerprint density at radius 2 is 1.87 bits per heavy atom. The van der Waals surface area contributed by atoms with E-state index in [2.05, 4.69) is 15.3 Å². The number of halogens is 3. The molecule has 0 bridgehead atoms. The van der Waals surface area contributed by atoms with Crippen molar-refractivity contribution < 1.29 is 17.9 Å². The van der Waals surface area contributed by atoms with Crippen molar-refractivity contribution in [1.29, 1.82) is 0 Å². The average Bonchev–Trinajstić information content (AvgIpc) is 2.49. The van der Waals surface area contributed by atoms with Crippen LogP contribution in [0.4, 0.5) is 24.8 Å². The third-order valence-corrected chi connectivity index (χ3v) is 3.10. The Morgan fingerprint density at radius 1 is 1.17 bits per heavy atom. The molecule has 0 aliphatic heterocycles. The molecule has 1 aromatic carbocycles. The Morgan fingerprint density at radius 3 is 2.48 bits per heavy atom. The number of nitrogens with zero attached hydrogens (tertiary/aromatic N) is 2. The molecule has 4 nitrogen and oxygen atoms in total. The maximum absolute atomic E-state index is 13.0. The highest BCUT2D eigenvalue weighted by atomic mass is 19.4. The summed E-state index contributed by atoms with van der Waals surface area (Å²) in [7, 11) is 0. The number of alkyl halides is 3. The van der Waals surface area contributed by atoms with Gasteiger partial charge in [-0.1, -0.05) is 31.0 Å². The quantitative estimate of drug-likeness (QED) is 0.780. The number of ether oxygens (including phenoxy) is 1. The van der Waals surface area contributed by atoms with Gasteiger partial charge in [-0.25, -0.2) is 4.98 Å². The maximum atomic E-state index is 13.0. The van der Waals surface area contributed by atoms with Crippen LogP contribution in [0.1, 0.15) is 30.9 Å². The zero-order valence-electron chi connectivity index (χ0n) is 12.9. The highest BCUT2D eigenvalue weighted by molar-refractivity contribution is 5.54. The van der Waals surface area contributed by atoms with E-state index in [1.807, 2.05) is 26.0 Å². The van der Waals surface area contributed by atoms with Gasteiger partial charge < -0.3 is 10.1 Å². The minimum atomic E-state index is -4.55. The smallest absolute Gasteiger partial charge is 0.423 e. The summed E-state index contributed by atoms with van der Waals surface area (Å²) < 4.78 is 44.1. The number of rotatable bonds is 6. The monoisotopic (exact) mass is 325 g/mol. The molecule has 2 aromatic rings. The van der Waals surface area contributed by atoms with Gasteiger partial charge in [0.25, 0.3) is 0 Å². The molecule has 124 valence electrons. The predicted molar refractivity (Wildman–Crippen MR) is 81.9 cm³/mol. The lowest BCUT2D eigenvalue weighted by Crippen LogP contribution is -2.13. The highest BCUT2D eigenvalue weighted by Gasteiger charge is 2.36. The van der Waals surface area contributed by atoms with Crippen LogP contribution in [0.3, 0.4) is 0 Å². The first-order valence-corrected chi connectivity index (χ1v) is 7.31. The zero-order chi connectivity index (χ0) is 16.9. The summed E-state index contributed by atoms with van der Waals surface area (Å²) in [6.07, 6.45) is -2.34. The molecule has 0 spiro atoms. The van der Waals surface area contributed by atoms with Crippen molar-refractivity contribution in [3.8, 4) is 5.88 Å². The number of anilines is 2. The largest absolute Gasteiger partial charge is 0.477 e. The van der Waals surface area contributed by atoms with Gasteiger partial charge in [0.05, 0.1) is 6.61 Å². The topological polar surface area (TPSA) is 47.0 Å². The first-order valence-electron chi connectivity index (χ1n) is 7.31. The van der Waals surface area contributed by atoms with Crippen LogP contribution in [0, 0.1) is 6.92 Å². The standard InChI is InChI=1S/C16H18F3N3O/c1-3-4-9-23-14-13(16(17,18)19)10-20-15(22-14)21-12-7-5-11(2)6-8-12/h5-8,10H,3-4,9H2,1-2H3,(H,20,21,22). The van der Waals surface area contributed by atoms with Crippen molar-refractivity contribution in [2.75, 3.05) is 11.9 Å². The number of nitrogens with one attached hydrogen (secondary N) is 1. The number of unbranched alkanes of at least 4 members (excludes halogenated alkanes) is 1. The molecule has 7 heteroatoms. The Labute approximate surface area is 132 Å². The molecule has 1 aromatic heterocycles. The number of hydrogen-bond acceptors (Lipinski definition) is 4. The first-order chi connectivity index (χ1) is 10.9. The van der Waals surface area contributed by atoms with Crippen molar-refractivity contribution in [2.45, 2.75) is 32.9 Å². The molecule has 0 aliphatic carbocycles. The molecule has 0 atom stereocenters. The van der Waals surface area contributed by atoms with Gasteiger partial charge in [-0.2, -0.15) is 18.2 Å². The Balaban J connectivity index is 2.23. The van der Waals surface area contributed by atoms with E-state index in [4.69, 9.17) is 4.74 Å². The van der Waals surface area contributed by atoms with E-state index in [0.717, 1.165) is 18.2 Å². The molecular weight excluding hydrogens is 307 g/mol. The normalized spacial score (nSPS) is 11.3. The van der Waals surface area contributed by atoms with Crippen LogP contribution in [0.2, 0.25) is 0 Å². The molecule has 1 heterocycles. The molecule has 0 fully saturated rings. The van der Waals surface area contributed by atoms with Gasteiger partial charge in [-0.05, 0) is 25.5 Å². The number of benzene rings is 1.